The monoisotopic (exact) mass is 786 g/mol. The average molecular weight is 786 g/mol. The number of benzene rings is 2. The minimum atomic E-state index is -3.03. The van der Waals surface area contributed by atoms with Crippen LogP contribution < -0.4 is 10.4 Å². The van der Waals surface area contributed by atoms with Crippen LogP contribution in [0.3, 0.4) is 0 Å². The van der Waals surface area contributed by atoms with Crippen molar-refractivity contribution in [2.45, 2.75) is 155 Å². The number of fused-ring (bicyclic) bond motifs is 3. The fraction of sp³-hybridized carbons (Fsp3) is 0.650. The fourth-order valence-corrected chi connectivity index (χ4v) is 27.3. The molecule has 8 heteroatoms. The van der Waals surface area contributed by atoms with Crippen molar-refractivity contribution < 1.29 is 28.1 Å². The Kier molecular flexibility index (Phi) is 12.5. The molecule has 3 aliphatic rings. The van der Waals surface area contributed by atoms with Gasteiger partial charge in [0.2, 0.25) is 0 Å². The van der Waals surface area contributed by atoms with Gasteiger partial charge in [0.05, 0.1) is 0 Å². The van der Waals surface area contributed by atoms with Gasteiger partial charge < -0.3 is 0 Å². The van der Waals surface area contributed by atoms with Crippen molar-refractivity contribution >= 4 is 37.1 Å². The van der Waals surface area contributed by atoms with Crippen LogP contribution in [0, 0.1) is 0 Å². The molecule has 0 aromatic heterocycles. The summed E-state index contributed by atoms with van der Waals surface area (Å²) in [5.74, 6) is -1.94. The van der Waals surface area contributed by atoms with Crippen LogP contribution in [0.2, 0.25) is 18.3 Å². The number of rotatable bonds is 17. The number of hydrogen-bond donors (Lipinski definition) is 0. The van der Waals surface area contributed by atoms with E-state index in [1.54, 1.807) is 0 Å². The molecule has 2 aromatic rings. The molecule has 2 aromatic carbocycles. The second-order valence-corrected chi connectivity index (χ2v) is 33.8. The average Bonchev–Trinajstić information content (AvgIpc) is 3.66. The van der Waals surface area contributed by atoms with E-state index in [9.17, 15) is 0 Å². The van der Waals surface area contributed by atoms with E-state index in [0.29, 0.717) is 0 Å². The van der Waals surface area contributed by atoms with Gasteiger partial charge in [-0.2, -0.15) is 0 Å². The Labute approximate surface area is 296 Å². The van der Waals surface area contributed by atoms with Gasteiger partial charge in [0.15, 0.2) is 0 Å². The van der Waals surface area contributed by atoms with Crippen LogP contribution in [0.1, 0.15) is 93.9 Å². The summed E-state index contributed by atoms with van der Waals surface area (Å²) in [5, 5.41) is 2.18. The molecule has 0 amide bonds. The van der Waals surface area contributed by atoms with Crippen molar-refractivity contribution in [3.05, 3.63) is 73.3 Å². The van der Waals surface area contributed by atoms with Gasteiger partial charge in [-0.25, -0.2) is 0 Å². The molecule has 0 bridgehead atoms. The Hall–Kier alpha value is -1.04. The Morgan fingerprint density at radius 1 is 0.771 bits per heavy atom. The molecule has 3 fully saturated rings. The molecule has 48 heavy (non-hydrogen) atoms. The van der Waals surface area contributed by atoms with Crippen molar-refractivity contribution in [1.82, 2.24) is 0 Å². The van der Waals surface area contributed by atoms with Gasteiger partial charge in [-0.1, -0.05) is 0 Å². The molecule has 0 radical (unpaired) electrons. The molecule has 0 N–H and O–H groups in total. The van der Waals surface area contributed by atoms with E-state index in [2.05, 4.69) is 109 Å². The van der Waals surface area contributed by atoms with Gasteiger partial charge >= 0.3 is 298 Å². The predicted molar refractivity (Wildman–Crippen MR) is 200 cm³/mol. The molecule has 6 nitrogen and oxygen atoms in total. The van der Waals surface area contributed by atoms with Crippen molar-refractivity contribution in [1.29, 1.82) is 0 Å². The quantitative estimate of drug-likeness (QED) is 0.119. The summed E-state index contributed by atoms with van der Waals surface area (Å²) < 4.78 is 46.7. The first-order valence-corrected chi connectivity index (χ1v) is 28.6. The van der Waals surface area contributed by atoms with Crippen molar-refractivity contribution in [2.24, 2.45) is 0 Å². The number of unbranched alkanes of at least 4 members (excludes halogenated alkanes) is 3. The third-order valence-electron chi connectivity index (χ3n) is 10.8. The summed E-state index contributed by atoms with van der Waals surface area (Å²) in [6.45, 7) is 22.2. The molecule has 0 saturated carbocycles. The summed E-state index contributed by atoms with van der Waals surface area (Å²) >= 11 is -2.78. The second-order valence-electron chi connectivity index (χ2n) is 15.9. The summed E-state index contributed by atoms with van der Waals surface area (Å²) in [7, 11) is -3.03. The molecule has 6 atom stereocenters. The maximum absolute atomic E-state index is 7.89. The number of ether oxygens (including phenoxy) is 5. The van der Waals surface area contributed by atoms with Crippen LogP contribution in [0.4, 0.5) is 0 Å². The molecule has 0 aliphatic carbocycles. The molecule has 0 unspecified atom stereocenters. The van der Waals surface area contributed by atoms with E-state index >= 15 is 0 Å². The maximum atomic E-state index is 7.89. The minimum absolute atomic E-state index is 0.240. The SMILES string of the molecule is C=C[C@@]1(O[CH2][Sn]([CH2]CCC)([CH2]CCC)[CH2]CCC)O[C@@H]2[C@H]3OC(C)(C)O[C@H]3O[C@@H]2[C@@H]1O[Si](c1ccccc1)(c1ccccc1)C(C)(C)C. The van der Waals surface area contributed by atoms with Gasteiger partial charge in [0.1, 0.15) is 0 Å². The molecule has 5 rings (SSSR count). The van der Waals surface area contributed by atoms with Gasteiger partial charge in [-0.05, 0) is 0 Å². The second kappa shape index (κ2) is 15.7. The normalized spacial score (nSPS) is 28.4. The van der Waals surface area contributed by atoms with E-state index in [4.69, 9.17) is 28.1 Å². The molecule has 0 spiro atoms. The zero-order valence-corrected chi connectivity index (χ0v) is 34.8. The summed E-state index contributed by atoms with van der Waals surface area (Å²) in [6.07, 6.45) is 7.01. The van der Waals surface area contributed by atoms with Gasteiger partial charge in [-0.15, -0.1) is 0 Å². The van der Waals surface area contributed by atoms with Gasteiger partial charge in [0.25, 0.3) is 0 Å². The van der Waals surface area contributed by atoms with Crippen molar-refractivity contribution in [3.63, 3.8) is 0 Å². The Morgan fingerprint density at radius 2 is 1.29 bits per heavy atom. The summed E-state index contributed by atoms with van der Waals surface area (Å²) in [5.41, 5.74) is 0. The Bertz CT molecular complexity index is 1250. The van der Waals surface area contributed by atoms with Crippen LogP contribution in [-0.2, 0) is 28.1 Å². The van der Waals surface area contributed by atoms with Crippen molar-refractivity contribution in [3.8, 4) is 0 Å². The molecular weight excluding hydrogens is 723 g/mol. The van der Waals surface area contributed by atoms with Crippen LogP contribution in [0.15, 0.2) is 73.3 Å². The Balaban J connectivity index is 1.62. The van der Waals surface area contributed by atoms with E-state index in [1.807, 2.05) is 19.9 Å². The van der Waals surface area contributed by atoms with E-state index in [1.165, 1.54) is 62.2 Å². The first-order chi connectivity index (χ1) is 22.9. The van der Waals surface area contributed by atoms with E-state index < -0.39 is 62.9 Å². The molecule has 3 aliphatic heterocycles. The zero-order valence-electron chi connectivity index (χ0n) is 31.0. The first kappa shape index (κ1) is 38.2. The summed E-state index contributed by atoms with van der Waals surface area (Å²) in [4.78, 5) is 0. The van der Waals surface area contributed by atoms with Crippen LogP contribution in [0.5, 0.6) is 0 Å². The zero-order chi connectivity index (χ0) is 34.6. The molecule has 3 saturated heterocycles. The van der Waals surface area contributed by atoms with Crippen molar-refractivity contribution in [2.75, 3.05) is 4.62 Å². The standard InChI is InChI=1S/C28H35O6Si.3C4H9.Sn/c1-8-28(29-7)24(22-21(32-28)23-25(30-22)33-27(5,6)31-23)34-35(26(2,3)4,19-15-11-9-12-16-19)20-17-13-10-14-18-20;3*1-3-4-2;/h8-18,21-25H,1,7H2,2-6H3;3*1,3-4H2,2H3;/t21-,22-,23+,24-,25+,28+;;;;/m0..../s1. The molecule has 266 valence electrons. The van der Waals surface area contributed by atoms with Gasteiger partial charge in [-0.3, -0.25) is 0 Å². The third kappa shape index (κ3) is 7.59. The molecule has 3 heterocycles. The summed E-state index contributed by atoms with van der Waals surface area (Å²) in [6, 6.07) is 21.6. The fourth-order valence-electron chi connectivity index (χ4n) is 8.27. The number of hydrogen-bond acceptors (Lipinski definition) is 6. The van der Waals surface area contributed by atoms with E-state index in [-0.39, 0.29) is 11.1 Å². The Morgan fingerprint density at radius 3 is 1.75 bits per heavy atom. The predicted octanol–water partition coefficient (Wildman–Crippen LogP) is 8.49. The van der Waals surface area contributed by atoms with Crippen LogP contribution >= 0.6 is 0 Å². The third-order valence-corrected chi connectivity index (χ3v) is 30.1. The first-order valence-electron chi connectivity index (χ1n) is 18.6. The molecular formula is C40H62O6SiSn. The van der Waals surface area contributed by atoms with Crippen LogP contribution in [-0.4, -0.2) is 73.6 Å². The topological polar surface area (TPSA) is 55.4 Å². The van der Waals surface area contributed by atoms with Crippen LogP contribution in [0.25, 0.3) is 0 Å². The van der Waals surface area contributed by atoms with Gasteiger partial charge in [0, 0.05) is 0 Å². The van der Waals surface area contributed by atoms with E-state index in [0.717, 1.165) is 4.62 Å².